The molecule has 0 bridgehead atoms. The molecule has 1 unspecified atom stereocenters. The van der Waals surface area contributed by atoms with E-state index in [4.69, 9.17) is 14.2 Å². The van der Waals surface area contributed by atoms with Crippen LogP contribution in [-0.2, 0) is 23.8 Å². The SMILES string of the molecule is CC/C=C\C/C=C\C/C=C\C/C=C\CCCCCOCC(COC(=O)CCCCCCCCCCCCCCCCCCCCC)OC(=O)CCCCCCC/C=C\C/C=C\CCCCC. The Balaban J connectivity index is 4.30. The first-order valence-corrected chi connectivity index (χ1v) is 28.5. The van der Waals surface area contributed by atoms with Crippen LogP contribution in [0.3, 0.4) is 0 Å². The van der Waals surface area contributed by atoms with Gasteiger partial charge in [-0.2, -0.15) is 0 Å². The molecule has 0 radical (unpaired) electrons. The third-order valence-electron chi connectivity index (χ3n) is 12.2. The molecule has 66 heavy (non-hydrogen) atoms. The van der Waals surface area contributed by atoms with Crippen molar-refractivity contribution >= 4 is 11.9 Å². The molecule has 5 heteroatoms. The van der Waals surface area contributed by atoms with Crippen molar-refractivity contribution in [2.45, 2.75) is 284 Å². The number of hydrogen-bond acceptors (Lipinski definition) is 5. The lowest BCUT2D eigenvalue weighted by atomic mass is 10.0. The van der Waals surface area contributed by atoms with Gasteiger partial charge in [0, 0.05) is 19.4 Å². The summed E-state index contributed by atoms with van der Waals surface area (Å²) in [5.41, 5.74) is 0. The minimum absolute atomic E-state index is 0.0672. The van der Waals surface area contributed by atoms with Gasteiger partial charge in [-0.15, -0.1) is 0 Å². The van der Waals surface area contributed by atoms with Gasteiger partial charge in [-0.25, -0.2) is 0 Å². The van der Waals surface area contributed by atoms with Crippen LogP contribution in [0, 0.1) is 0 Å². The smallest absolute Gasteiger partial charge is 0.306 e. The lowest BCUT2D eigenvalue weighted by molar-refractivity contribution is -0.163. The zero-order chi connectivity index (χ0) is 47.7. The first kappa shape index (κ1) is 63.3. The van der Waals surface area contributed by atoms with Crippen molar-refractivity contribution < 1.29 is 23.8 Å². The van der Waals surface area contributed by atoms with Crippen LogP contribution in [0.4, 0.5) is 0 Å². The molecule has 0 aliphatic carbocycles. The van der Waals surface area contributed by atoms with Gasteiger partial charge in [0.15, 0.2) is 6.10 Å². The Bertz CT molecular complexity index is 1180. The molecule has 0 aromatic carbocycles. The number of esters is 2. The summed E-state index contributed by atoms with van der Waals surface area (Å²) in [7, 11) is 0. The molecule has 0 aliphatic heterocycles. The quantitative estimate of drug-likeness (QED) is 0.0346. The van der Waals surface area contributed by atoms with E-state index in [0.29, 0.717) is 19.4 Å². The van der Waals surface area contributed by atoms with E-state index in [1.54, 1.807) is 0 Å². The van der Waals surface area contributed by atoms with Gasteiger partial charge in [0.05, 0.1) is 6.61 Å². The Morgan fingerprint density at radius 1 is 0.348 bits per heavy atom. The maximum Gasteiger partial charge on any atom is 0.306 e. The third kappa shape index (κ3) is 54.0. The first-order valence-electron chi connectivity index (χ1n) is 28.5. The Kier molecular flexibility index (Phi) is 54.4. The van der Waals surface area contributed by atoms with Crippen LogP contribution in [0.15, 0.2) is 72.9 Å². The summed E-state index contributed by atoms with van der Waals surface area (Å²) in [6, 6.07) is 0. The fourth-order valence-corrected chi connectivity index (χ4v) is 8.00. The van der Waals surface area contributed by atoms with Crippen molar-refractivity contribution in [3.8, 4) is 0 Å². The van der Waals surface area contributed by atoms with Gasteiger partial charge in [-0.3, -0.25) is 9.59 Å². The highest BCUT2D eigenvalue weighted by Crippen LogP contribution is 2.16. The Labute approximate surface area is 410 Å². The average molecular weight is 922 g/mol. The van der Waals surface area contributed by atoms with Crippen LogP contribution in [0.25, 0.3) is 0 Å². The van der Waals surface area contributed by atoms with Crippen LogP contribution in [0.1, 0.15) is 278 Å². The second-order valence-electron chi connectivity index (χ2n) is 18.8. The molecule has 1 atom stereocenters. The Morgan fingerprint density at radius 3 is 1.12 bits per heavy atom. The van der Waals surface area contributed by atoms with Crippen molar-refractivity contribution in [3.05, 3.63) is 72.9 Å². The monoisotopic (exact) mass is 921 g/mol. The minimum atomic E-state index is -0.561. The number of unbranched alkanes of at least 4 members (excludes halogenated alkanes) is 29. The summed E-state index contributed by atoms with van der Waals surface area (Å²) in [4.78, 5) is 25.5. The number of hydrogen-bond donors (Lipinski definition) is 0. The summed E-state index contributed by atoms with van der Waals surface area (Å²) in [5.74, 6) is -0.422. The Morgan fingerprint density at radius 2 is 0.682 bits per heavy atom. The lowest BCUT2D eigenvalue weighted by Crippen LogP contribution is -2.30. The predicted octanol–water partition coefficient (Wildman–Crippen LogP) is 19.5. The van der Waals surface area contributed by atoms with E-state index in [-0.39, 0.29) is 25.2 Å². The standard InChI is InChI=1S/C61H108O5/c1-4-7-10-13-16-19-22-25-28-30-31-32-34-36-39-42-45-48-51-54-60(62)65-58-59(57-64-56-53-50-47-44-41-38-35-29-26-23-20-17-14-11-8-5-2)66-61(63)55-52-49-46-43-40-37-33-27-24-21-18-15-12-9-6-3/h8,11,17-18,20-21,26-27,29,33,38,41,59H,4-7,9-10,12-16,19,22-25,28,30-32,34-37,39-40,42-58H2,1-3H3/b11-8-,20-17-,21-18-,29-26-,33-27-,41-38-. The fourth-order valence-electron chi connectivity index (χ4n) is 8.00. The Hall–Kier alpha value is -2.66. The zero-order valence-electron chi connectivity index (χ0n) is 44.0. The fraction of sp³-hybridized carbons (Fsp3) is 0.770. The van der Waals surface area contributed by atoms with Crippen LogP contribution in [-0.4, -0.2) is 37.9 Å². The lowest BCUT2D eigenvalue weighted by Gasteiger charge is -2.18. The van der Waals surface area contributed by atoms with Crippen LogP contribution in [0.5, 0.6) is 0 Å². The summed E-state index contributed by atoms with van der Waals surface area (Å²) >= 11 is 0. The molecular weight excluding hydrogens is 813 g/mol. The van der Waals surface area contributed by atoms with Crippen molar-refractivity contribution in [2.24, 2.45) is 0 Å². The highest BCUT2D eigenvalue weighted by atomic mass is 16.6. The van der Waals surface area contributed by atoms with Gasteiger partial charge in [0.2, 0.25) is 0 Å². The van der Waals surface area contributed by atoms with E-state index in [9.17, 15) is 9.59 Å². The number of carbonyl (C=O) groups is 2. The number of carbonyl (C=O) groups excluding carboxylic acids is 2. The average Bonchev–Trinajstić information content (AvgIpc) is 3.32. The van der Waals surface area contributed by atoms with E-state index in [0.717, 1.165) is 96.3 Å². The summed E-state index contributed by atoms with van der Waals surface area (Å²) in [5, 5.41) is 0. The molecule has 0 saturated carbocycles. The maximum atomic E-state index is 12.8. The second kappa shape index (κ2) is 56.7. The predicted molar refractivity (Wildman–Crippen MR) is 288 cm³/mol. The third-order valence-corrected chi connectivity index (χ3v) is 12.2. The molecule has 0 fully saturated rings. The van der Waals surface area contributed by atoms with Gasteiger partial charge in [-0.05, 0) is 89.9 Å². The molecule has 5 nitrogen and oxygen atoms in total. The molecule has 0 saturated heterocycles. The molecule has 0 aromatic rings. The van der Waals surface area contributed by atoms with E-state index < -0.39 is 6.10 Å². The minimum Gasteiger partial charge on any atom is -0.462 e. The second-order valence-corrected chi connectivity index (χ2v) is 18.8. The number of allylic oxidation sites excluding steroid dienone is 12. The van der Waals surface area contributed by atoms with Gasteiger partial charge < -0.3 is 14.2 Å². The highest BCUT2D eigenvalue weighted by molar-refractivity contribution is 5.70. The van der Waals surface area contributed by atoms with E-state index in [1.165, 1.54) is 148 Å². The van der Waals surface area contributed by atoms with Crippen LogP contribution in [0.2, 0.25) is 0 Å². The van der Waals surface area contributed by atoms with Gasteiger partial charge in [-0.1, -0.05) is 248 Å². The molecule has 0 N–H and O–H groups in total. The van der Waals surface area contributed by atoms with E-state index >= 15 is 0 Å². The molecule has 0 heterocycles. The van der Waals surface area contributed by atoms with Gasteiger partial charge >= 0.3 is 11.9 Å². The normalized spacial score (nSPS) is 12.7. The largest absolute Gasteiger partial charge is 0.462 e. The zero-order valence-corrected chi connectivity index (χ0v) is 44.0. The number of rotatable bonds is 52. The molecule has 0 aliphatic rings. The van der Waals surface area contributed by atoms with Crippen molar-refractivity contribution in [3.63, 3.8) is 0 Å². The van der Waals surface area contributed by atoms with Gasteiger partial charge in [0.25, 0.3) is 0 Å². The molecule has 0 rings (SSSR count). The summed E-state index contributed by atoms with van der Waals surface area (Å²) in [6.45, 7) is 7.64. The van der Waals surface area contributed by atoms with Crippen molar-refractivity contribution in [1.29, 1.82) is 0 Å². The highest BCUT2D eigenvalue weighted by Gasteiger charge is 2.17. The topological polar surface area (TPSA) is 61.8 Å². The van der Waals surface area contributed by atoms with E-state index in [1.807, 2.05) is 0 Å². The molecule has 0 amide bonds. The molecule has 382 valence electrons. The van der Waals surface area contributed by atoms with Crippen molar-refractivity contribution in [2.75, 3.05) is 19.8 Å². The van der Waals surface area contributed by atoms with Crippen LogP contribution >= 0.6 is 0 Å². The molecular formula is C61H108O5. The van der Waals surface area contributed by atoms with Crippen molar-refractivity contribution in [1.82, 2.24) is 0 Å². The first-order chi connectivity index (χ1) is 32.6. The summed E-state index contributed by atoms with van der Waals surface area (Å²) < 4.78 is 17.4. The van der Waals surface area contributed by atoms with Gasteiger partial charge in [0.1, 0.15) is 6.61 Å². The molecule has 0 aromatic heterocycles. The maximum absolute atomic E-state index is 12.8. The van der Waals surface area contributed by atoms with Crippen LogP contribution < -0.4 is 0 Å². The molecule has 0 spiro atoms. The number of ether oxygens (including phenoxy) is 3. The summed E-state index contributed by atoms with van der Waals surface area (Å²) in [6.07, 6.45) is 73.5. The van der Waals surface area contributed by atoms with E-state index in [2.05, 4.69) is 93.7 Å².